The minimum absolute atomic E-state index is 0.0427. The lowest BCUT2D eigenvalue weighted by atomic mass is 10.1. The molecule has 1 unspecified atom stereocenters. The van der Waals surface area contributed by atoms with E-state index in [4.69, 9.17) is 13.7 Å². The summed E-state index contributed by atoms with van der Waals surface area (Å²) >= 11 is 0. The Morgan fingerprint density at radius 3 is 3.00 bits per heavy atom. The minimum Gasteiger partial charge on any atom is -0.463 e. The maximum Gasteiger partial charge on any atom is 0.258 e. The Morgan fingerprint density at radius 2 is 2.25 bits per heavy atom. The largest absolute Gasteiger partial charge is 0.463 e. The standard InChI is InChI=1S/C17H21N3O4/c1-10-13(8-12(23-10)9-22-2)17(21)20-7-3-4-14(20)15-18-16(24-19-15)11-5-6-11/h8,11,14H,3-7,9H2,1-2H3. The Bertz CT molecular complexity index is 747. The van der Waals surface area contributed by atoms with Crippen LogP contribution in [0.4, 0.5) is 0 Å². The van der Waals surface area contributed by atoms with Crippen LogP contribution in [-0.2, 0) is 11.3 Å². The number of hydrogen-bond acceptors (Lipinski definition) is 6. The molecule has 1 saturated carbocycles. The molecular formula is C17H21N3O4. The fraction of sp³-hybridized carbons (Fsp3) is 0.588. The summed E-state index contributed by atoms with van der Waals surface area (Å²) in [5.74, 6) is 2.99. The molecule has 0 aromatic carbocycles. The Balaban J connectivity index is 1.56. The first-order chi connectivity index (χ1) is 11.7. The Hall–Kier alpha value is -2.15. The van der Waals surface area contributed by atoms with Crippen molar-refractivity contribution in [2.45, 2.75) is 51.2 Å². The van der Waals surface area contributed by atoms with E-state index in [2.05, 4.69) is 10.1 Å². The van der Waals surface area contributed by atoms with Gasteiger partial charge in [0.2, 0.25) is 5.89 Å². The Morgan fingerprint density at radius 1 is 1.42 bits per heavy atom. The van der Waals surface area contributed by atoms with E-state index >= 15 is 0 Å². The fourth-order valence-electron chi connectivity index (χ4n) is 3.28. The first-order valence-corrected chi connectivity index (χ1v) is 8.40. The number of carbonyl (C=O) groups excluding carboxylic acids is 1. The molecular weight excluding hydrogens is 310 g/mol. The van der Waals surface area contributed by atoms with Crippen LogP contribution in [0, 0.1) is 6.92 Å². The zero-order chi connectivity index (χ0) is 16.7. The molecule has 2 fully saturated rings. The lowest BCUT2D eigenvalue weighted by Gasteiger charge is -2.21. The predicted octanol–water partition coefficient (Wildman–Crippen LogP) is 2.97. The van der Waals surface area contributed by atoms with Gasteiger partial charge in [-0.05, 0) is 38.7 Å². The minimum atomic E-state index is -0.117. The van der Waals surface area contributed by atoms with Gasteiger partial charge in [0.05, 0.1) is 11.6 Å². The second-order valence-corrected chi connectivity index (χ2v) is 6.54. The molecule has 0 spiro atoms. The van der Waals surface area contributed by atoms with E-state index in [1.165, 1.54) is 0 Å². The number of nitrogens with zero attached hydrogens (tertiary/aromatic N) is 3. The lowest BCUT2D eigenvalue weighted by Crippen LogP contribution is -2.31. The fourth-order valence-corrected chi connectivity index (χ4v) is 3.28. The van der Waals surface area contributed by atoms with Crippen molar-refractivity contribution in [2.75, 3.05) is 13.7 Å². The highest BCUT2D eigenvalue weighted by Crippen LogP contribution is 2.40. The van der Waals surface area contributed by atoms with E-state index in [9.17, 15) is 4.79 Å². The molecule has 2 aromatic heterocycles. The summed E-state index contributed by atoms with van der Waals surface area (Å²) in [5, 5.41) is 4.12. The molecule has 1 aliphatic heterocycles. The molecule has 24 heavy (non-hydrogen) atoms. The van der Waals surface area contributed by atoms with Crippen LogP contribution in [0.5, 0.6) is 0 Å². The van der Waals surface area contributed by atoms with Gasteiger partial charge in [-0.1, -0.05) is 5.16 Å². The zero-order valence-electron chi connectivity index (χ0n) is 13.9. The second-order valence-electron chi connectivity index (χ2n) is 6.54. The molecule has 7 heteroatoms. The predicted molar refractivity (Wildman–Crippen MR) is 83.4 cm³/mol. The van der Waals surface area contributed by atoms with Crippen molar-refractivity contribution >= 4 is 5.91 Å². The van der Waals surface area contributed by atoms with Gasteiger partial charge in [0.25, 0.3) is 5.91 Å². The van der Waals surface area contributed by atoms with E-state index in [1.807, 2.05) is 4.90 Å². The average molecular weight is 331 g/mol. The van der Waals surface area contributed by atoms with Crippen molar-refractivity contribution in [2.24, 2.45) is 0 Å². The molecule has 0 N–H and O–H groups in total. The number of furan rings is 1. The first kappa shape index (κ1) is 15.4. The maximum absolute atomic E-state index is 13.0. The number of carbonyl (C=O) groups is 1. The maximum atomic E-state index is 13.0. The molecule has 0 radical (unpaired) electrons. The van der Waals surface area contributed by atoms with Crippen LogP contribution >= 0.6 is 0 Å². The van der Waals surface area contributed by atoms with E-state index in [0.29, 0.717) is 47.9 Å². The zero-order valence-corrected chi connectivity index (χ0v) is 13.9. The van der Waals surface area contributed by atoms with Crippen molar-refractivity contribution in [3.05, 3.63) is 34.9 Å². The summed E-state index contributed by atoms with van der Waals surface area (Å²) in [4.78, 5) is 19.3. The highest BCUT2D eigenvalue weighted by Gasteiger charge is 2.37. The second kappa shape index (κ2) is 6.05. The normalized spacial score (nSPS) is 20.8. The summed E-state index contributed by atoms with van der Waals surface area (Å²) in [6, 6.07) is 1.65. The van der Waals surface area contributed by atoms with Gasteiger partial charge in [-0.15, -0.1) is 0 Å². The summed E-state index contributed by atoms with van der Waals surface area (Å²) in [6.07, 6.45) is 4.03. The first-order valence-electron chi connectivity index (χ1n) is 8.40. The molecule has 1 atom stereocenters. The lowest BCUT2D eigenvalue weighted by molar-refractivity contribution is 0.0726. The van der Waals surface area contributed by atoms with Crippen molar-refractivity contribution in [3.63, 3.8) is 0 Å². The van der Waals surface area contributed by atoms with Crippen LogP contribution in [0.1, 0.15) is 71.2 Å². The van der Waals surface area contributed by atoms with Crippen LogP contribution in [0.15, 0.2) is 15.0 Å². The van der Waals surface area contributed by atoms with Crippen molar-refractivity contribution < 1.29 is 18.5 Å². The van der Waals surface area contributed by atoms with Crippen molar-refractivity contribution in [1.29, 1.82) is 0 Å². The number of aryl methyl sites for hydroxylation is 1. The van der Waals surface area contributed by atoms with Gasteiger partial charge < -0.3 is 18.6 Å². The molecule has 1 saturated heterocycles. The van der Waals surface area contributed by atoms with E-state index in [0.717, 1.165) is 25.7 Å². The topological polar surface area (TPSA) is 81.6 Å². The van der Waals surface area contributed by atoms with Gasteiger partial charge >= 0.3 is 0 Å². The summed E-state index contributed by atoms with van der Waals surface area (Å²) in [7, 11) is 1.60. The van der Waals surface area contributed by atoms with Crippen LogP contribution in [0.25, 0.3) is 0 Å². The van der Waals surface area contributed by atoms with Crippen LogP contribution in [0.2, 0.25) is 0 Å². The van der Waals surface area contributed by atoms with Gasteiger partial charge in [-0.3, -0.25) is 4.79 Å². The molecule has 1 aliphatic carbocycles. The molecule has 0 bridgehead atoms. The number of amides is 1. The van der Waals surface area contributed by atoms with E-state index in [-0.39, 0.29) is 11.9 Å². The third-order valence-electron chi connectivity index (χ3n) is 4.68. The third-order valence-corrected chi connectivity index (χ3v) is 4.68. The number of ether oxygens (including phenoxy) is 1. The number of rotatable bonds is 5. The van der Waals surface area contributed by atoms with Crippen molar-refractivity contribution in [1.82, 2.24) is 15.0 Å². The Kier molecular flexibility index (Phi) is 3.88. The molecule has 7 nitrogen and oxygen atoms in total. The van der Waals surface area contributed by atoms with Crippen molar-refractivity contribution in [3.8, 4) is 0 Å². The van der Waals surface area contributed by atoms with Gasteiger partial charge in [-0.25, -0.2) is 0 Å². The van der Waals surface area contributed by atoms with Crippen LogP contribution in [0.3, 0.4) is 0 Å². The quantitative estimate of drug-likeness (QED) is 0.838. The smallest absolute Gasteiger partial charge is 0.258 e. The highest BCUT2D eigenvalue weighted by atomic mass is 16.5. The van der Waals surface area contributed by atoms with Gasteiger partial charge in [0.15, 0.2) is 5.82 Å². The number of methoxy groups -OCH3 is 1. The third kappa shape index (κ3) is 2.73. The number of aromatic nitrogens is 2. The monoisotopic (exact) mass is 331 g/mol. The summed E-state index contributed by atoms with van der Waals surface area (Å²) in [6.45, 7) is 2.85. The number of likely N-dealkylation sites (tertiary alicyclic amines) is 1. The molecule has 2 aromatic rings. The van der Waals surface area contributed by atoms with E-state index in [1.54, 1.807) is 20.1 Å². The highest BCUT2D eigenvalue weighted by molar-refractivity contribution is 5.95. The number of hydrogen-bond donors (Lipinski definition) is 0. The van der Waals surface area contributed by atoms with Gasteiger partial charge in [0, 0.05) is 19.6 Å². The average Bonchev–Trinajstić information content (AvgIpc) is 3.00. The van der Waals surface area contributed by atoms with Gasteiger partial charge in [0.1, 0.15) is 18.1 Å². The molecule has 3 heterocycles. The van der Waals surface area contributed by atoms with Crippen LogP contribution in [-0.4, -0.2) is 34.6 Å². The van der Waals surface area contributed by atoms with Crippen LogP contribution < -0.4 is 0 Å². The molecule has 1 amide bonds. The molecule has 4 rings (SSSR count). The Labute approximate surface area is 140 Å². The molecule has 128 valence electrons. The summed E-state index contributed by atoms with van der Waals surface area (Å²) in [5.41, 5.74) is 0.583. The molecule has 2 aliphatic rings. The van der Waals surface area contributed by atoms with E-state index < -0.39 is 0 Å². The van der Waals surface area contributed by atoms with Gasteiger partial charge in [-0.2, -0.15) is 4.98 Å². The SMILES string of the molecule is COCc1cc(C(=O)N2CCCC2c2noc(C3CC3)n2)c(C)o1. The summed E-state index contributed by atoms with van der Waals surface area (Å²) < 4.78 is 16.0.